The van der Waals surface area contributed by atoms with Gasteiger partial charge in [-0.3, -0.25) is 9.88 Å². The maximum Gasteiger partial charge on any atom is 0.243 e. The largest absolute Gasteiger partial charge is 0.497 e. The van der Waals surface area contributed by atoms with Crippen molar-refractivity contribution >= 4 is 20.9 Å². The molecule has 0 spiro atoms. The Labute approximate surface area is 198 Å². The molecule has 1 fully saturated rings. The Morgan fingerprint density at radius 2 is 1.79 bits per heavy atom. The van der Waals surface area contributed by atoms with Gasteiger partial charge in [-0.15, -0.1) is 0 Å². The van der Waals surface area contributed by atoms with E-state index in [-0.39, 0.29) is 0 Å². The summed E-state index contributed by atoms with van der Waals surface area (Å²) in [5.74, 6) is 1.77. The Bertz CT molecular complexity index is 1410. The third-order valence-corrected chi connectivity index (χ3v) is 8.01. The van der Waals surface area contributed by atoms with Crippen molar-refractivity contribution in [2.45, 2.75) is 18.4 Å². The van der Waals surface area contributed by atoms with E-state index >= 15 is 0 Å². The molecule has 10 heteroatoms. The molecular weight excluding hydrogens is 454 g/mol. The lowest BCUT2D eigenvalue weighted by Gasteiger charge is -2.33. The van der Waals surface area contributed by atoms with Crippen molar-refractivity contribution in [1.82, 2.24) is 24.3 Å². The van der Waals surface area contributed by atoms with Gasteiger partial charge in [0.1, 0.15) is 5.75 Å². The van der Waals surface area contributed by atoms with Gasteiger partial charge >= 0.3 is 0 Å². The quantitative estimate of drug-likeness (QED) is 0.416. The number of aromatic nitrogens is 3. The Kier molecular flexibility index (Phi) is 6.03. The number of nitrogens with zero attached hydrogens (tertiary/aromatic N) is 5. The standard InChI is InChI=1S/C24H25N5O4S/c1-17-5-10-21(20-4-3-11-25-23(17)20)34(30,31)29-14-12-28(13-15-29)16-22-26-24(27-33-22)18-6-8-19(32-2)9-7-18/h3-11H,12-16H2,1-2H3. The number of hydrogen-bond acceptors (Lipinski definition) is 8. The molecule has 1 saturated heterocycles. The van der Waals surface area contributed by atoms with E-state index in [2.05, 4.69) is 20.0 Å². The summed E-state index contributed by atoms with van der Waals surface area (Å²) in [7, 11) is -2.02. The second kappa shape index (κ2) is 9.13. The molecule has 2 aromatic heterocycles. The summed E-state index contributed by atoms with van der Waals surface area (Å²) in [5, 5.41) is 4.73. The minimum atomic E-state index is -3.63. The molecule has 176 valence electrons. The molecule has 34 heavy (non-hydrogen) atoms. The van der Waals surface area contributed by atoms with Crippen LogP contribution in [0.3, 0.4) is 0 Å². The molecule has 0 bridgehead atoms. The fourth-order valence-electron chi connectivity index (χ4n) is 4.15. The number of piperazine rings is 1. The van der Waals surface area contributed by atoms with Crippen LogP contribution in [0.25, 0.3) is 22.3 Å². The fraction of sp³-hybridized carbons (Fsp3) is 0.292. The predicted octanol–water partition coefficient (Wildman–Crippen LogP) is 3.11. The van der Waals surface area contributed by atoms with Crippen LogP contribution in [0.5, 0.6) is 5.75 Å². The summed E-state index contributed by atoms with van der Waals surface area (Å²) in [5.41, 5.74) is 2.51. The van der Waals surface area contributed by atoms with Gasteiger partial charge in [-0.2, -0.15) is 9.29 Å². The molecule has 0 unspecified atom stereocenters. The Hall–Kier alpha value is -3.34. The molecule has 0 atom stereocenters. The van der Waals surface area contributed by atoms with E-state index in [1.807, 2.05) is 43.3 Å². The Balaban J connectivity index is 1.26. The van der Waals surface area contributed by atoms with Crippen molar-refractivity contribution < 1.29 is 17.7 Å². The average Bonchev–Trinajstić information content (AvgIpc) is 3.33. The van der Waals surface area contributed by atoms with E-state index in [1.165, 1.54) is 4.31 Å². The Morgan fingerprint density at radius 1 is 1.03 bits per heavy atom. The molecule has 4 aromatic rings. The van der Waals surface area contributed by atoms with Crippen molar-refractivity contribution in [2.75, 3.05) is 33.3 Å². The molecule has 1 aliphatic rings. The van der Waals surface area contributed by atoms with Gasteiger partial charge < -0.3 is 9.26 Å². The Morgan fingerprint density at radius 3 is 2.53 bits per heavy atom. The maximum absolute atomic E-state index is 13.4. The summed E-state index contributed by atoms with van der Waals surface area (Å²) in [6.07, 6.45) is 1.68. The van der Waals surface area contributed by atoms with Crippen molar-refractivity contribution in [3.8, 4) is 17.1 Å². The summed E-state index contributed by atoms with van der Waals surface area (Å²) < 4.78 is 39.0. The monoisotopic (exact) mass is 479 g/mol. The highest BCUT2D eigenvalue weighted by atomic mass is 32.2. The normalized spacial score (nSPS) is 15.6. The van der Waals surface area contributed by atoms with Gasteiger partial charge in [-0.25, -0.2) is 8.42 Å². The van der Waals surface area contributed by atoms with Crippen LogP contribution < -0.4 is 4.74 Å². The highest BCUT2D eigenvalue weighted by Gasteiger charge is 2.30. The molecule has 3 heterocycles. The van der Waals surface area contributed by atoms with Crippen LogP contribution in [0.1, 0.15) is 11.5 Å². The van der Waals surface area contributed by atoms with E-state index in [4.69, 9.17) is 9.26 Å². The van der Waals surface area contributed by atoms with Gasteiger partial charge in [0, 0.05) is 43.3 Å². The fourth-order valence-corrected chi connectivity index (χ4v) is 5.75. The highest BCUT2D eigenvalue weighted by molar-refractivity contribution is 7.89. The summed E-state index contributed by atoms with van der Waals surface area (Å²) in [4.78, 5) is 11.3. The van der Waals surface area contributed by atoms with Crippen LogP contribution in [0.4, 0.5) is 0 Å². The number of sulfonamides is 1. The zero-order chi connectivity index (χ0) is 23.7. The second-order valence-corrected chi connectivity index (χ2v) is 10.1. The van der Waals surface area contributed by atoms with Gasteiger partial charge in [0.15, 0.2) is 0 Å². The lowest BCUT2D eigenvalue weighted by molar-refractivity contribution is 0.163. The van der Waals surface area contributed by atoms with Crippen LogP contribution in [0.15, 0.2) is 64.1 Å². The SMILES string of the molecule is COc1ccc(-c2noc(CN3CCN(S(=O)(=O)c4ccc(C)c5ncccc45)CC3)n2)cc1. The van der Waals surface area contributed by atoms with Crippen molar-refractivity contribution in [1.29, 1.82) is 0 Å². The molecule has 9 nitrogen and oxygen atoms in total. The number of benzene rings is 2. The molecule has 2 aromatic carbocycles. The predicted molar refractivity (Wildman–Crippen MR) is 127 cm³/mol. The van der Waals surface area contributed by atoms with E-state index in [0.29, 0.717) is 60.2 Å². The molecule has 0 aliphatic carbocycles. The average molecular weight is 480 g/mol. The molecule has 0 saturated carbocycles. The summed E-state index contributed by atoms with van der Waals surface area (Å²) in [6.45, 7) is 4.31. The third kappa shape index (κ3) is 4.27. The van der Waals surface area contributed by atoms with Gasteiger partial charge in [0.2, 0.25) is 21.7 Å². The maximum atomic E-state index is 13.4. The first-order valence-electron chi connectivity index (χ1n) is 11.0. The molecular formula is C24H25N5O4S. The zero-order valence-corrected chi connectivity index (χ0v) is 19.8. The zero-order valence-electron chi connectivity index (χ0n) is 19.0. The number of ether oxygens (including phenoxy) is 1. The summed E-state index contributed by atoms with van der Waals surface area (Å²) >= 11 is 0. The second-order valence-electron chi connectivity index (χ2n) is 8.20. The third-order valence-electron chi connectivity index (χ3n) is 6.06. The van der Waals surface area contributed by atoms with Crippen molar-refractivity contribution in [3.63, 3.8) is 0 Å². The van der Waals surface area contributed by atoms with Crippen LogP contribution >= 0.6 is 0 Å². The first kappa shape index (κ1) is 22.5. The molecule has 0 N–H and O–H groups in total. The molecule has 0 radical (unpaired) electrons. The number of pyridine rings is 1. The van der Waals surface area contributed by atoms with Gasteiger partial charge in [0.05, 0.1) is 24.1 Å². The first-order valence-corrected chi connectivity index (χ1v) is 12.4. The van der Waals surface area contributed by atoms with E-state index < -0.39 is 10.0 Å². The van der Waals surface area contributed by atoms with Gasteiger partial charge in [-0.1, -0.05) is 11.2 Å². The minimum absolute atomic E-state index is 0.302. The van der Waals surface area contributed by atoms with E-state index in [0.717, 1.165) is 16.9 Å². The minimum Gasteiger partial charge on any atom is -0.497 e. The van der Waals surface area contributed by atoms with Crippen LogP contribution in [0, 0.1) is 6.92 Å². The number of fused-ring (bicyclic) bond motifs is 1. The molecule has 5 rings (SSSR count). The van der Waals surface area contributed by atoms with Gasteiger partial charge in [0.25, 0.3) is 0 Å². The topological polar surface area (TPSA) is 102 Å². The van der Waals surface area contributed by atoms with E-state index in [1.54, 1.807) is 25.4 Å². The lowest BCUT2D eigenvalue weighted by Crippen LogP contribution is -2.48. The van der Waals surface area contributed by atoms with Gasteiger partial charge in [-0.05, 0) is 55.0 Å². The van der Waals surface area contributed by atoms with Crippen LogP contribution in [0.2, 0.25) is 0 Å². The first-order chi connectivity index (χ1) is 16.5. The van der Waals surface area contributed by atoms with Crippen molar-refractivity contribution in [3.05, 3.63) is 66.2 Å². The molecule has 0 amide bonds. The summed E-state index contributed by atoms with van der Waals surface area (Å²) in [6, 6.07) is 14.5. The van der Waals surface area contributed by atoms with Crippen LogP contribution in [-0.4, -0.2) is 66.0 Å². The number of hydrogen-bond donors (Lipinski definition) is 0. The smallest absolute Gasteiger partial charge is 0.243 e. The lowest BCUT2D eigenvalue weighted by atomic mass is 10.1. The highest BCUT2D eigenvalue weighted by Crippen LogP contribution is 2.28. The molecule has 1 aliphatic heterocycles. The number of rotatable bonds is 6. The van der Waals surface area contributed by atoms with E-state index in [9.17, 15) is 8.42 Å². The number of aryl methyl sites for hydroxylation is 1. The van der Waals surface area contributed by atoms with Crippen molar-refractivity contribution in [2.24, 2.45) is 0 Å². The number of methoxy groups -OCH3 is 1. The van der Waals surface area contributed by atoms with Crippen LogP contribution in [-0.2, 0) is 16.6 Å².